The van der Waals surface area contributed by atoms with Gasteiger partial charge in [0.1, 0.15) is 5.75 Å². The second-order valence-electron chi connectivity index (χ2n) is 7.24. The molecule has 0 unspecified atom stereocenters. The Bertz CT molecular complexity index is 1140. The molecule has 3 aromatic rings. The first-order chi connectivity index (χ1) is 16.0. The van der Waals surface area contributed by atoms with Gasteiger partial charge in [-0.05, 0) is 73.5 Å². The molecule has 0 heterocycles. The Morgan fingerprint density at radius 2 is 1.76 bits per heavy atom. The van der Waals surface area contributed by atoms with Gasteiger partial charge >= 0.3 is 5.97 Å². The topological polar surface area (TPSA) is 86.2 Å². The van der Waals surface area contributed by atoms with Gasteiger partial charge in [-0.25, -0.2) is 10.2 Å². The molecule has 0 saturated carbocycles. The van der Waals surface area contributed by atoms with Crippen molar-refractivity contribution < 1.29 is 23.8 Å². The molecule has 33 heavy (non-hydrogen) atoms. The number of rotatable bonds is 9. The Morgan fingerprint density at radius 1 is 0.970 bits per heavy atom. The Kier molecular flexibility index (Phi) is 8.18. The Hall–Kier alpha value is -4.13. The van der Waals surface area contributed by atoms with E-state index >= 15 is 0 Å². The third-order valence-electron chi connectivity index (χ3n) is 4.61. The van der Waals surface area contributed by atoms with E-state index in [0.717, 1.165) is 12.0 Å². The predicted octanol–water partition coefficient (Wildman–Crippen LogP) is 4.78. The number of carbonyl (C=O) groups excluding carboxylic acids is 2. The molecular formula is C26H26N2O5. The summed E-state index contributed by atoms with van der Waals surface area (Å²) < 4.78 is 16.4. The first kappa shape index (κ1) is 23.5. The minimum atomic E-state index is -0.512. The lowest BCUT2D eigenvalue weighted by Gasteiger charge is -2.10. The number of aryl methyl sites for hydroxylation is 1. The molecule has 0 atom stereocenters. The highest BCUT2D eigenvalue weighted by atomic mass is 16.6. The Labute approximate surface area is 193 Å². The third-order valence-corrected chi connectivity index (χ3v) is 4.61. The van der Waals surface area contributed by atoms with Crippen molar-refractivity contribution in [1.29, 1.82) is 0 Å². The minimum absolute atomic E-state index is 0.273. The number of methoxy groups -OCH3 is 1. The molecule has 0 aliphatic carbocycles. The molecule has 0 saturated heterocycles. The highest BCUT2D eigenvalue weighted by molar-refractivity contribution is 5.95. The van der Waals surface area contributed by atoms with Crippen LogP contribution in [-0.4, -0.2) is 31.8 Å². The summed E-state index contributed by atoms with van der Waals surface area (Å²) in [4.78, 5) is 24.7. The summed E-state index contributed by atoms with van der Waals surface area (Å²) in [7, 11) is 1.48. The number of esters is 1. The predicted molar refractivity (Wildman–Crippen MR) is 126 cm³/mol. The van der Waals surface area contributed by atoms with Crippen LogP contribution in [0.2, 0.25) is 0 Å². The monoisotopic (exact) mass is 446 g/mol. The summed E-state index contributed by atoms with van der Waals surface area (Å²) in [5, 5.41) is 3.99. The van der Waals surface area contributed by atoms with Gasteiger partial charge in [0.05, 0.1) is 25.5 Å². The lowest BCUT2D eigenvalue weighted by molar-refractivity contribution is 0.0729. The molecule has 0 aliphatic rings. The highest BCUT2D eigenvalue weighted by Crippen LogP contribution is 2.28. The van der Waals surface area contributed by atoms with Crippen LogP contribution in [0.4, 0.5) is 0 Å². The zero-order chi connectivity index (χ0) is 23.6. The van der Waals surface area contributed by atoms with Crippen LogP contribution < -0.4 is 19.6 Å². The van der Waals surface area contributed by atoms with Crippen molar-refractivity contribution in [3.63, 3.8) is 0 Å². The zero-order valence-electron chi connectivity index (χ0n) is 18.8. The molecular weight excluding hydrogens is 420 g/mol. The fraction of sp³-hybridized carbons (Fsp3) is 0.192. The average molecular weight is 447 g/mol. The van der Waals surface area contributed by atoms with Gasteiger partial charge in [-0.1, -0.05) is 24.6 Å². The summed E-state index contributed by atoms with van der Waals surface area (Å²) in [6, 6.07) is 19.0. The van der Waals surface area contributed by atoms with Gasteiger partial charge in [-0.15, -0.1) is 0 Å². The lowest BCUT2D eigenvalue weighted by Crippen LogP contribution is -2.17. The zero-order valence-corrected chi connectivity index (χ0v) is 18.8. The van der Waals surface area contributed by atoms with Gasteiger partial charge in [0.2, 0.25) is 0 Å². The number of hydrogen-bond acceptors (Lipinski definition) is 6. The number of ether oxygens (including phenoxy) is 3. The molecule has 0 spiro atoms. The van der Waals surface area contributed by atoms with Crippen LogP contribution in [0.1, 0.15) is 45.2 Å². The number of amides is 1. The molecule has 0 radical (unpaired) electrons. The van der Waals surface area contributed by atoms with E-state index < -0.39 is 5.97 Å². The van der Waals surface area contributed by atoms with E-state index in [4.69, 9.17) is 14.2 Å². The molecule has 1 amide bonds. The number of carbonyl (C=O) groups is 2. The van der Waals surface area contributed by atoms with Crippen molar-refractivity contribution in [2.24, 2.45) is 5.10 Å². The lowest BCUT2D eigenvalue weighted by atomic mass is 10.1. The van der Waals surface area contributed by atoms with Crippen LogP contribution in [-0.2, 0) is 0 Å². The standard InChI is InChI=1S/C26H26N2O5/c1-4-14-32-22-11-9-20(10-12-22)26(30)33-23-13-8-19(16-24(23)31-3)17-27-28-25(29)21-7-5-6-18(2)15-21/h5-13,15-17H,4,14H2,1-3H3,(H,28,29)/b27-17+. The van der Waals surface area contributed by atoms with Gasteiger partial charge in [-0.2, -0.15) is 5.10 Å². The first-order valence-electron chi connectivity index (χ1n) is 10.5. The van der Waals surface area contributed by atoms with Crippen LogP contribution in [0, 0.1) is 6.92 Å². The fourth-order valence-corrected chi connectivity index (χ4v) is 2.93. The van der Waals surface area contributed by atoms with Crippen molar-refractivity contribution in [3.05, 3.63) is 89.0 Å². The highest BCUT2D eigenvalue weighted by Gasteiger charge is 2.13. The Morgan fingerprint density at radius 3 is 2.45 bits per heavy atom. The SMILES string of the molecule is CCCOc1ccc(C(=O)Oc2ccc(/C=N/NC(=O)c3cccc(C)c3)cc2OC)cc1. The van der Waals surface area contributed by atoms with Crippen molar-refractivity contribution in [1.82, 2.24) is 5.43 Å². The number of nitrogens with one attached hydrogen (secondary N) is 1. The van der Waals surface area contributed by atoms with Crippen LogP contribution in [0.3, 0.4) is 0 Å². The van der Waals surface area contributed by atoms with Gasteiger partial charge in [0.25, 0.3) is 5.91 Å². The molecule has 7 heteroatoms. The number of hydrazone groups is 1. The third kappa shape index (κ3) is 6.67. The van der Waals surface area contributed by atoms with E-state index in [-0.39, 0.29) is 11.7 Å². The second-order valence-corrected chi connectivity index (χ2v) is 7.24. The average Bonchev–Trinajstić information content (AvgIpc) is 2.83. The number of nitrogens with zero attached hydrogens (tertiary/aromatic N) is 1. The van der Waals surface area contributed by atoms with E-state index in [1.165, 1.54) is 13.3 Å². The smallest absolute Gasteiger partial charge is 0.343 e. The summed E-state index contributed by atoms with van der Waals surface area (Å²) in [6.45, 7) is 4.56. The molecule has 3 aromatic carbocycles. The van der Waals surface area contributed by atoms with Crippen molar-refractivity contribution in [3.8, 4) is 17.2 Å². The quantitative estimate of drug-likeness (QED) is 0.221. The van der Waals surface area contributed by atoms with Crippen LogP contribution in [0.15, 0.2) is 71.8 Å². The molecule has 0 aromatic heterocycles. The fourth-order valence-electron chi connectivity index (χ4n) is 2.93. The van der Waals surface area contributed by atoms with Crippen LogP contribution >= 0.6 is 0 Å². The van der Waals surface area contributed by atoms with E-state index in [1.807, 2.05) is 26.0 Å². The van der Waals surface area contributed by atoms with Crippen molar-refractivity contribution in [2.45, 2.75) is 20.3 Å². The van der Waals surface area contributed by atoms with E-state index in [1.54, 1.807) is 54.6 Å². The van der Waals surface area contributed by atoms with Crippen LogP contribution in [0.5, 0.6) is 17.2 Å². The summed E-state index contributed by atoms with van der Waals surface area (Å²) >= 11 is 0. The summed E-state index contributed by atoms with van der Waals surface area (Å²) in [6.07, 6.45) is 2.39. The van der Waals surface area contributed by atoms with Gasteiger partial charge < -0.3 is 14.2 Å². The Balaban J connectivity index is 1.63. The molecule has 0 bridgehead atoms. The normalized spacial score (nSPS) is 10.6. The molecule has 0 fully saturated rings. The van der Waals surface area contributed by atoms with Crippen molar-refractivity contribution >= 4 is 18.1 Å². The maximum atomic E-state index is 12.5. The second kappa shape index (κ2) is 11.5. The molecule has 0 aliphatic heterocycles. The number of benzene rings is 3. The number of hydrogen-bond donors (Lipinski definition) is 1. The minimum Gasteiger partial charge on any atom is -0.494 e. The van der Waals surface area contributed by atoms with E-state index in [9.17, 15) is 9.59 Å². The van der Waals surface area contributed by atoms with Crippen molar-refractivity contribution in [2.75, 3.05) is 13.7 Å². The largest absolute Gasteiger partial charge is 0.494 e. The van der Waals surface area contributed by atoms with Crippen LogP contribution in [0.25, 0.3) is 0 Å². The maximum absolute atomic E-state index is 12.5. The van der Waals surface area contributed by atoms with E-state index in [0.29, 0.717) is 34.8 Å². The molecule has 1 N–H and O–H groups in total. The summed E-state index contributed by atoms with van der Waals surface area (Å²) in [5.41, 5.74) is 5.06. The summed E-state index contributed by atoms with van der Waals surface area (Å²) in [5.74, 6) is 0.514. The van der Waals surface area contributed by atoms with Gasteiger partial charge in [0, 0.05) is 5.56 Å². The maximum Gasteiger partial charge on any atom is 0.343 e. The van der Waals surface area contributed by atoms with E-state index in [2.05, 4.69) is 10.5 Å². The molecule has 170 valence electrons. The first-order valence-corrected chi connectivity index (χ1v) is 10.5. The van der Waals surface area contributed by atoms with Gasteiger partial charge in [0.15, 0.2) is 11.5 Å². The molecule has 7 nitrogen and oxygen atoms in total. The van der Waals surface area contributed by atoms with Gasteiger partial charge in [-0.3, -0.25) is 4.79 Å². The molecule has 3 rings (SSSR count).